The topological polar surface area (TPSA) is 0 Å². The molecule has 60 valence electrons. The minimum atomic E-state index is 0. The third kappa shape index (κ3) is 34.6. The van der Waals surface area contributed by atoms with E-state index in [4.69, 9.17) is 0 Å². The molecular weight excluding hydrogens is 213 g/mol. The maximum atomic E-state index is 3.49. The number of hydrogen-bond donors (Lipinski definition) is 0. The van der Waals surface area contributed by atoms with Gasteiger partial charge in [0.15, 0.2) is 0 Å². The van der Waals surface area contributed by atoms with E-state index in [2.05, 4.69) is 26.9 Å². The molecular formula is C8H20SiY-. The van der Waals surface area contributed by atoms with E-state index >= 15 is 0 Å². The summed E-state index contributed by atoms with van der Waals surface area (Å²) >= 11 is 0. The molecule has 0 aliphatic heterocycles. The van der Waals surface area contributed by atoms with Crippen LogP contribution in [0.2, 0.25) is 19.1 Å². The molecule has 2 radical (unpaired) electrons. The van der Waals surface area contributed by atoms with Crippen LogP contribution in [-0.2, 0) is 32.7 Å². The van der Waals surface area contributed by atoms with Crippen LogP contribution in [0.25, 0.3) is 0 Å². The molecule has 0 aliphatic carbocycles. The Kier molecular flexibility index (Phi) is 29.1. The van der Waals surface area contributed by atoms with Crippen molar-refractivity contribution >= 4 is 8.80 Å². The van der Waals surface area contributed by atoms with Crippen LogP contribution in [0.15, 0.2) is 0 Å². The fraction of sp³-hybridized carbons (Fsp3) is 0.875. The number of rotatable bonds is 2. The van der Waals surface area contributed by atoms with E-state index in [0.29, 0.717) is 0 Å². The van der Waals surface area contributed by atoms with E-state index < -0.39 is 0 Å². The summed E-state index contributed by atoms with van der Waals surface area (Å²) in [5, 5.41) is 0. The second-order valence-corrected chi connectivity index (χ2v) is 5.37. The number of hydrogen-bond acceptors (Lipinski definition) is 0. The predicted molar refractivity (Wildman–Crippen MR) is 48.2 cm³/mol. The summed E-state index contributed by atoms with van der Waals surface area (Å²) in [6, 6.07) is 1.48. The van der Waals surface area contributed by atoms with Crippen LogP contribution in [0, 0.1) is 6.92 Å². The summed E-state index contributed by atoms with van der Waals surface area (Å²) in [6.07, 6.45) is 2.38. The van der Waals surface area contributed by atoms with Crippen molar-refractivity contribution in [1.82, 2.24) is 0 Å². The maximum absolute atomic E-state index is 3.49. The van der Waals surface area contributed by atoms with Gasteiger partial charge in [0, 0.05) is 41.5 Å². The molecule has 0 heterocycles. The van der Waals surface area contributed by atoms with E-state index in [1.54, 1.807) is 0 Å². The van der Waals surface area contributed by atoms with Gasteiger partial charge in [-0.25, -0.2) is 0 Å². The molecule has 0 rings (SSSR count). The Hall–Kier alpha value is 1.32. The molecule has 2 heteroatoms. The first-order valence-electron chi connectivity index (χ1n) is 3.77. The SMILES string of the molecule is CCC[Si](C)C.[CH2-]CC.[Y]. The van der Waals surface area contributed by atoms with Crippen LogP contribution >= 0.6 is 0 Å². The van der Waals surface area contributed by atoms with Crippen molar-refractivity contribution in [1.29, 1.82) is 0 Å². The van der Waals surface area contributed by atoms with Gasteiger partial charge in [0.2, 0.25) is 0 Å². The molecule has 0 aromatic carbocycles. The molecule has 0 unspecified atom stereocenters. The zero-order valence-corrected chi connectivity index (χ0v) is 11.7. The van der Waals surface area contributed by atoms with Gasteiger partial charge in [0.05, 0.1) is 0 Å². The van der Waals surface area contributed by atoms with Gasteiger partial charge in [0.25, 0.3) is 0 Å². The maximum Gasteiger partial charge on any atom is 0.0412 e. The van der Waals surface area contributed by atoms with Gasteiger partial charge in [-0.15, -0.1) is 0 Å². The summed E-state index contributed by atoms with van der Waals surface area (Å²) in [7, 11) is 0.114. The Balaban J connectivity index is -0.000000107. The molecule has 0 aliphatic rings. The van der Waals surface area contributed by atoms with Crippen LogP contribution in [0.5, 0.6) is 0 Å². The van der Waals surface area contributed by atoms with E-state index in [-0.39, 0.29) is 41.5 Å². The van der Waals surface area contributed by atoms with Gasteiger partial charge in [0.1, 0.15) is 0 Å². The van der Waals surface area contributed by atoms with E-state index in [9.17, 15) is 0 Å². The van der Waals surface area contributed by atoms with Crippen molar-refractivity contribution in [3.05, 3.63) is 6.92 Å². The molecule has 0 amide bonds. The molecule has 0 aromatic rings. The quantitative estimate of drug-likeness (QED) is 0.506. The van der Waals surface area contributed by atoms with Crippen molar-refractivity contribution in [2.75, 3.05) is 0 Å². The molecule has 0 aromatic heterocycles. The summed E-state index contributed by atoms with van der Waals surface area (Å²) < 4.78 is 0. The van der Waals surface area contributed by atoms with Gasteiger partial charge in [-0.05, 0) is 0 Å². The van der Waals surface area contributed by atoms with Crippen molar-refractivity contribution in [2.45, 2.75) is 45.8 Å². The molecule has 0 spiro atoms. The van der Waals surface area contributed by atoms with Crippen molar-refractivity contribution in [3.8, 4) is 0 Å². The summed E-state index contributed by atoms with van der Waals surface area (Å²) in [4.78, 5) is 0. The van der Waals surface area contributed by atoms with Crippen LogP contribution < -0.4 is 0 Å². The molecule has 0 saturated heterocycles. The molecule has 0 bridgehead atoms. The first-order chi connectivity index (χ1) is 4.18. The Morgan fingerprint density at radius 3 is 1.50 bits per heavy atom. The third-order valence-electron chi connectivity index (χ3n) is 0.750. The van der Waals surface area contributed by atoms with E-state index in [1.807, 2.05) is 6.92 Å². The Morgan fingerprint density at radius 2 is 1.50 bits per heavy atom. The molecule has 0 saturated carbocycles. The van der Waals surface area contributed by atoms with Crippen molar-refractivity contribution in [3.63, 3.8) is 0 Å². The van der Waals surface area contributed by atoms with Gasteiger partial charge >= 0.3 is 0 Å². The smallest absolute Gasteiger partial charge is 0.0412 e. The van der Waals surface area contributed by atoms with Gasteiger partial charge in [-0.3, -0.25) is 0 Å². The normalized spacial score (nSPS) is 7.80. The summed E-state index contributed by atoms with van der Waals surface area (Å²) in [5.74, 6) is 0. The van der Waals surface area contributed by atoms with Gasteiger partial charge in [-0.1, -0.05) is 39.4 Å². The predicted octanol–water partition coefficient (Wildman–Crippen LogP) is 3.38. The second-order valence-electron chi connectivity index (χ2n) is 2.46. The van der Waals surface area contributed by atoms with Crippen LogP contribution in [0.3, 0.4) is 0 Å². The average Bonchev–Trinajstić information content (AvgIpc) is 1.67. The molecule has 0 N–H and O–H groups in total. The van der Waals surface area contributed by atoms with Crippen molar-refractivity contribution in [2.24, 2.45) is 0 Å². The van der Waals surface area contributed by atoms with E-state index in [0.717, 1.165) is 6.42 Å². The molecule has 0 nitrogen and oxygen atoms in total. The van der Waals surface area contributed by atoms with Crippen LogP contribution in [0.1, 0.15) is 26.7 Å². The Bertz CT molecular complexity index is 38.2. The molecule has 0 atom stereocenters. The fourth-order valence-corrected chi connectivity index (χ4v) is 1.50. The largest absolute Gasteiger partial charge is 0.344 e. The Morgan fingerprint density at radius 1 is 1.20 bits per heavy atom. The second kappa shape index (κ2) is 16.7. The average molecular weight is 233 g/mol. The zero-order chi connectivity index (χ0) is 7.70. The minimum absolute atomic E-state index is 0. The monoisotopic (exact) mass is 233 g/mol. The fourth-order valence-electron chi connectivity index (χ4n) is 0.500. The standard InChI is InChI=1S/C5H13Si.C3H7.Y/c1-4-5-6(2)3;1-3-2;/h4-5H2,1-3H3;1,3H2,2H3;/q;-1;. The molecule has 10 heavy (non-hydrogen) atoms. The van der Waals surface area contributed by atoms with Crippen molar-refractivity contribution < 1.29 is 32.7 Å². The third-order valence-corrected chi connectivity index (χ3v) is 2.25. The first-order valence-corrected chi connectivity index (χ1v) is 6.47. The zero-order valence-electron chi connectivity index (χ0n) is 7.91. The van der Waals surface area contributed by atoms with Crippen LogP contribution in [-0.4, -0.2) is 8.80 Å². The van der Waals surface area contributed by atoms with Crippen LogP contribution in [0.4, 0.5) is 0 Å². The van der Waals surface area contributed by atoms with Gasteiger partial charge < -0.3 is 6.92 Å². The molecule has 0 fully saturated rings. The summed E-state index contributed by atoms with van der Waals surface area (Å²) in [6.45, 7) is 12.5. The van der Waals surface area contributed by atoms with Gasteiger partial charge in [-0.2, -0.15) is 6.42 Å². The van der Waals surface area contributed by atoms with E-state index in [1.165, 1.54) is 12.5 Å². The Labute approximate surface area is 93.7 Å². The minimum Gasteiger partial charge on any atom is -0.344 e. The summed E-state index contributed by atoms with van der Waals surface area (Å²) in [5.41, 5.74) is 0. The first kappa shape index (κ1) is 17.4.